The van der Waals surface area contributed by atoms with Gasteiger partial charge in [-0.15, -0.1) is 0 Å². The summed E-state index contributed by atoms with van der Waals surface area (Å²) < 4.78 is 5.70. The summed E-state index contributed by atoms with van der Waals surface area (Å²) in [5.41, 5.74) is 1.14. The van der Waals surface area contributed by atoms with Gasteiger partial charge in [-0.05, 0) is 24.6 Å². The van der Waals surface area contributed by atoms with Gasteiger partial charge in [0, 0.05) is 24.0 Å². The maximum absolute atomic E-state index is 5.89. The second-order valence-electron chi connectivity index (χ2n) is 3.75. The van der Waals surface area contributed by atoms with Crippen molar-refractivity contribution < 1.29 is 4.74 Å². The van der Waals surface area contributed by atoms with Gasteiger partial charge in [0.15, 0.2) is 0 Å². The fraction of sp³-hybridized carbons (Fsp3) is 0.455. The third-order valence-corrected chi connectivity index (χ3v) is 2.73. The van der Waals surface area contributed by atoms with Gasteiger partial charge in [-0.25, -0.2) is 0 Å². The molecule has 0 unspecified atom stereocenters. The van der Waals surface area contributed by atoms with Crippen LogP contribution in [0.25, 0.3) is 0 Å². The van der Waals surface area contributed by atoms with Gasteiger partial charge in [-0.1, -0.05) is 17.7 Å². The topological polar surface area (TPSA) is 21.3 Å². The smallest absolute Gasteiger partial charge is 0.123 e. The van der Waals surface area contributed by atoms with E-state index in [2.05, 4.69) is 5.32 Å². The summed E-state index contributed by atoms with van der Waals surface area (Å²) in [4.78, 5) is 0. The van der Waals surface area contributed by atoms with Crippen molar-refractivity contribution in [2.75, 3.05) is 19.7 Å². The SMILES string of the molecule is Cc1ccc(Cl)cc1OCC1CNC1. The van der Waals surface area contributed by atoms with E-state index in [1.807, 2.05) is 25.1 Å². The lowest BCUT2D eigenvalue weighted by molar-refractivity contribution is 0.198. The molecule has 0 amide bonds. The highest BCUT2D eigenvalue weighted by atomic mass is 35.5. The van der Waals surface area contributed by atoms with Crippen LogP contribution in [0, 0.1) is 12.8 Å². The van der Waals surface area contributed by atoms with Gasteiger partial charge in [-0.3, -0.25) is 0 Å². The summed E-state index contributed by atoms with van der Waals surface area (Å²) in [7, 11) is 0. The highest BCUT2D eigenvalue weighted by Crippen LogP contribution is 2.23. The first-order chi connectivity index (χ1) is 6.75. The quantitative estimate of drug-likeness (QED) is 0.828. The fourth-order valence-electron chi connectivity index (χ4n) is 1.40. The maximum atomic E-state index is 5.89. The number of nitrogens with one attached hydrogen (secondary N) is 1. The third-order valence-electron chi connectivity index (χ3n) is 2.49. The number of halogens is 1. The van der Waals surface area contributed by atoms with Gasteiger partial charge in [0.05, 0.1) is 6.61 Å². The number of rotatable bonds is 3. The molecule has 0 saturated carbocycles. The van der Waals surface area contributed by atoms with Crippen LogP contribution in [0.2, 0.25) is 5.02 Å². The second kappa shape index (κ2) is 4.20. The zero-order chi connectivity index (χ0) is 9.97. The number of benzene rings is 1. The van der Waals surface area contributed by atoms with Crippen molar-refractivity contribution in [1.29, 1.82) is 0 Å². The van der Waals surface area contributed by atoms with Crippen molar-refractivity contribution in [3.05, 3.63) is 28.8 Å². The zero-order valence-electron chi connectivity index (χ0n) is 8.22. The standard InChI is InChI=1S/C11H14ClNO/c1-8-2-3-10(12)4-11(8)14-7-9-5-13-6-9/h2-4,9,13H,5-7H2,1H3. The third kappa shape index (κ3) is 2.20. The molecule has 2 nitrogen and oxygen atoms in total. The Labute approximate surface area is 89.2 Å². The summed E-state index contributed by atoms with van der Waals surface area (Å²) >= 11 is 5.89. The molecule has 3 heteroatoms. The van der Waals surface area contributed by atoms with E-state index in [-0.39, 0.29) is 0 Å². The van der Waals surface area contributed by atoms with Crippen molar-refractivity contribution in [3.63, 3.8) is 0 Å². The number of aryl methyl sites for hydroxylation is 1. The summed E-state index contributed by atoms with van der Waals surface area (Å²) in [5, 5.41) is 3.95. The number of ether oxygens (including phenoxy) is 1. The van der Waals surface area contributed by atoms with E-state index in [1.165, 1.54) is 0 Å². The van der Waals surface area contributed by atoms with Crippen molar-refractivity contribution in [1.82, 2.24) is 5.32 Å². The molecule has 0 aliphatic carbocycles. The molecule has 1 saturated heterocycles. The molecule has 0 aromatic heterocycles. The summed E-state index contributed by atoms with van der Waals surface area (Å²) in [6.45, 7) is 4.96. The molecule has 2 rings (SSSR count). The van der Waals surface area contributed by atoms with Crippen LogP contribution in [0.5, 0.6) is 5.75 Å². The van der Waals surface area contributed by atoms with Crippen LogP contribution >= 0.6 is 11.6 Å². The molecule has 1 aromatic carbocycles. The molecule has 1 heterocycles. The fourth-order valence-corrected chi connectivity index (χ4v) is 1.57. The molecule has 1 aliphatic heterocycles. The van der Waals surface area contributed by atoms with Gasteiger partial charge in [-0.2, -0.15) is 0 Å². The molecule has 0 spiro atoms. The lowest BCUT2D eigenvalue weighted by Crippen LogP contribution is -2.45. The van der Waals surface area contributed by atoms with Crippen LogP contribution < -0.4 is 10.1 Å². The van der Waals surface area contributed by atoms with Crippen LogP contribution in [-0.4, -0.2) is 19.7 Å². The van der Waals surface area contributed by atoms with Crippen molar-refractivity contribution in [2.45, 2.75) is 6.92 Å². The van der Waals surface area contributed by atoms with E-state index in [4.69, 9.17) is 16.3 Å². The number of hydrogen-bond donors (Lipinski definition) is 1. The molecule has 1 N–H and O–H groups in total. The van der Waals surface area contributed by atoms with E-state index in [0.717, 1.165) is 36.0 Å². The average Bonchev–Trinajstić information content (AvgIpc) is 2.08. The lowest BCUT2D eigenvalue weighted by Gasteiger charge is -2.27. The Morgan fingerprint density at radius 3 is 2.93 bits per heavy atom. The van der Waals surface area contributed by atoms with Gasteiger partial charge in [0.2, 0.25) is 0 Å². The second-order valence-corrected chi connectivity index (χ2v) is 4.18. The van der Waals surface area contributed by atoms with Crippen molar-refractivity contribution >= 4 is 11.6 Å². The van der Waals surface area contributed by atoms with Crippen LogP contribution in [0.1, 0.15) is 5.56 Å². The van der Waals surface area contributed by atoms with Crippen LogP contribution in [-0.2, 0) is 0 Å². The molecule has 1 aliphatic rings. The Balaban J connectivity index is 1.96. The molecule has 0 bridgehead atoms. The lowest BCUT2D eigenvalue weighted by atomic mass is 10.1. The predicted molar refractivity (Wildman–Crippen MR) is 58.0 cm³/mol. The predicted octanol–water partition coefficient (Wildman–Crippen LogP) is 2.25. The largest absolute Gasteiger partial charge is 0.493 e. The summed E-state index contributed by atoms with van der Waals surface area (Å²) in [6, 6.07) is 5.74. The van der Waals surface area contributed by atoms with Crippen molar-refractivity contribution in [3.8, 4) is 5.75 Å². The maximum Gasteiger partial charge on any atom is 0.123 e. The molecule has 1 aromatic rings. The van der Waals surface area contributed by atoms with E-state index < -0.39 is 0 Å². The first-order valence-corrected chi connectivity index (χ1v) is 5.23. The summed E-state index contributed by atoms with van der Waals surface area (Å²) in [5.74, 6) is 1.57. The Morgan fingerprint density at radius 2 is 2.29 bits per heavy atom. The zero-order valence-corrected chi connectivity index (χ0v) is 8.97. The van der Waals surface area contributed by atoms with Crippen LogP contribution in [0.3, 0.4) is 0 Å². The van der Waals surface area contributed by atoms with E-state index in [9.17, 15) is 0 Å². The van der Waals surface area contributed by atoms with Crippen LogP contribution in [0.4, 0.5) is 0 Å². The molecule has 0 radical (unpaired) electrons. The van der Waals surface area contributed by atoms with Crippen molar-refractivity contribution in [2.24, 2.45) is 5.92 Å². The molecule has 1 fully saturated rings. The minimum atomic E-state index is 0.661. The minimum Gasteiger partial charge on any atom is -0.493 e. The monoisotopic (exact) mass is 211 g/mol. The highest BCUT2D eigenvalue weighted by Gasteiger charge is 2.17. The molecular weight excluding hydrogens is 198 g/mol. The van der Waals surface area contributed by atoms with E-state index >= 15 is 0 Å². The van der Waals surface area contributed by atoms with Gasteiger partial charge in [0.25, 0.3) is 0 Å². The molecule has 76 valence electrons. The normalized spacial score (nSPS) is 16.4. The minimum absolute atomic E-state index is 0.661. The summed E-state index contributed by atoms with van der Waals surface area (Å²) in [6.07, 6.45) is 0. The Bertz CT molecular complexity index is 323. The number of hydrogen-bond acceptors (Lipinski definition) is 2. The van der Waals surface area contributed by atoms with Gasteiger partial charge < -0.3 is 10.1 Å². The van der Waals surface area contributed by atoms with Gasteiger partial charge in [0.1, 0.15) is 5.75 Å². The van der Waals surface area contributed by atoms with Crippen LogP contribution in [0.15, 0.2) is 18.2 Å². The highest BCUT2D eigenvalue weighted by molar-refractivity contribution is 6.30. The molecule has 14 heavy (non-hydrogen) atoms. The van der Waals surface area contributed by atoms with E-state index in [1.54, 1.807) is 0 Å². The molecule has 0 atom stereocenters. The first-order valence-electron chi connectivity index (χ1n) is 4.85. The Morgan fingerprint density at radius 1 is 1.50 bits per heavy atom. The first kappa shape index (κ1) is 9.81. The Hall–Kier alpha value is -0.730. The average molecular weight is 212 g/mol. The van der Waals surface area contributed by atoms with E-state index in [0.29, 0.717) is 5.92 Å². The van der Waals surface area contributed by atoms with Gasteiger partial charge >= 0.3 is 0 Å². The Kier molecular flexibility index (Phi) is 2.94. The molecular formula is C11H14ClNO.